The molecular formula is C8H11ClN2O2S. The molecule has 0 aromatic carbocycles. The highest BCUT2D eigenvalue weighted by molar-refractivity contribution is 7.90. The van der Waals surface area contributed by atoms with E-state index in [4.69, 9.17) is 11.6 Å². The Morgan fingerprint density at radius 2 is 2.07 bits per heavy atom. The molecule has 0 saturated heterocycles. The van der Waals surface area contributed by atoms with E-state index in [1.54, 1.807) is 4.68 Å². The van der Waals surface area contributed by atoms with E-state index in [-0.39, 0.29) is 17.5 Å². The molecule has 1 aromatic heterocycles. The maximum atomic E-state index is 11.3. The van der Waals surface area contributed by atoms with E-state index in [1.165, 1.54) is 0 Å². The van der Waals surface area contributed by atoms with E-state index >= 15 is 0 Å². The molecule has 0 amide bonds. The van der Waals surface area contributed by atoms with Crippen LogP contribution in [-0.4, -0.2) is 18.2 Å². The molecule has 1 aromatic rings. The van der Waals surface area contributed by atoms with Crippen LogP contribution in [0.2, 0.25) is 5.15 Å². The standard InChI is InChI=1S/C8H11ClN2O2S/c1-5(2)11-8(9)6-3-14(12,13)4-7(6)10-11/h5H,3-4H2,1-2H3. The second-order valence-electron chi connectivity index (χ2n) is 3.79. The van der Waals surface area contributed by atoms with Gasteiger partial charge in [0.15, 0.2) is 9.84 Å². The van der Waals surface area contributed by atoms with Gasteiger partial charge >= 0.3 is 0 Å². The van der Waals surface area contributed by atoms with Crippen molar-refractivity contribution in [1.82, 2.24) is 9.78 Å². The molecule has 1 aliphatic rings. The molecule has 0 unspecified atom stereocenters. The van der Waals surface area contributed by atoms with Gasteiger partial charge < -0.3 is 0 Å². The van der Waals surface area contributed by atoms with Crippen molar-refractivity contribution < 1.29 is 8.42 Å². The summed E-state index contributed by atoms with van der Waals surface area (Å²) in [6, 6.07) is 0.163. The molecule has 4 nitrogen and oxygen atoms in total. The van der Waals surface area contributed by atoms with Crippen LogP contribution in [0.5, 0.6) is 0 Å². The molecule has 0 bridgehead atoms. The van der Waals surface area contributed by atoms with Crippen molar-refractivity contribution in [2.24, 2.45) is 0 Å². The first-order valence-corrected chi connectivity index (χ1v) is 6.57. The quantitative estimate of drug-likeness (QED) is 0.741. The van der Waals surface area contributed by atoms with E-state index in [0.717, 1.165) is 0 Å². The van der Waals surface area contributed by atoms with Crippen LogP contribution in [0.4, 0.5) is 0 Å². The van der Waals surface area contributed by atoms with Crippen LogP contribution in [0, 0.1) is 0 Å². The van der Waals surface area contributed by atoms with Gasteiger partial charge in [-0.05, 0) is 13.8 Å². The van der Waals surface area contributed by atoms with E-state index in [9.17, 15) is 8.42 Å². The van der Waals surface area contributed by atoms with Gasteiger partial charge in [0.05, 0.1) is 17.2 Å². The van der Waals surface area contributed by atoms with E-state index in [0.29, 0.717) is 16.4 Å². The molecule has 2 heterocycles. The minimum atomic E-state index is -2.99. The van der Waals surface area contributed by atoms with Crippen molar-refractivity contribution in [2.45, 2.75) is 31.4 Å². The van der Waals surface area contributed by atoms with Gasteiger partial charge in [0.25, 0.3) is 0 Å². The minimum Gasteiger partial charge on any atom is -0.251 e. The second kappa shape index (κ2) is 2.97. The Balaban J connectivity index is 2.51. The molecular weight excluding hydrogens is 224 g/mol. The lowest BCUT2D eigenvalue weighted by Gasteiger charge is -2.07. The summed E-state index contributed by atoms with van der Waals surface area (Å²) in [5.74, 6) is 0.0651. The van der Waals surface area contributed by atoms with Crippen molar-refractivity contribution in [3.63, 3.8) is 0 Å². The first-order valence-electron chi connectivity index (χ1n) is 4.37. The molecule has 0 N–H and O–H groups in total. The normalized spacial score (nSPS) is 18.9. The zero-order valence-electron chi connectivity index (χ0n) is 7.99. The first-order chi connectivity index (χ1) is 6.41. The zero-order valence-corrected chi connectivity index (χ0v) is 9.56. The summed E-state index contributed by atoms with van der Waals surface area (Å²) < 4.78 is 24.2. The maximum Gasteiger partial charge on any atom is 0.160 e. The topological polar surface area (TPSA) is 52.0 Å². The molecule has 78 valence electrons. The Morgan fingerprint density at radius 1 is 1.43 bits per heavy atom. The molecule has 0 radical (unpaired) electrons. The Kier molecular flexibility index (Phi) is 2.12. The van der Waals surface area contributed by atoms with Crippen LogP contribution in [0.3, 0.4) is 0 Å². The third-order valence-electron chi connectivity index (χ3n) is 2.24. The lowest BCUT2D eigenvalue weighted by molar-refractivity contribution is 0.527. The Morgan fingerprint density at radius 3 is 2.57 bits per heavy atom. The summed E-state index contributed by atoms with van der Waals surface area (Å²) in [5, 5.41) is 4.66. The third-order valence-corrected chi connectivity index (χ3v) is 4.08. The number of aromatic nitrogens is 2. The van der Waals surface area contributed by atoms with Crippen LogP contribution in [0.25, 0.3) is 0 Å². The lowest BCUT2D eigenvalue weighted by atomic mass is 10.3. The molecule has 14 heavy (non-hydrogen) atoms. The number of nitrogens with zero attached hydrogens (tertiary/aromatic N) is 2. The Bertz CT molecular complexity index is 476. The SMILES string of the molecule is CC(C)n1nc2c(c1Cl)CS(=O)(=O)C2. The van der Waals surface area contributed by atoms with Crippen molar-refractivity contribution >= 4 is 21.4 Å². The maximum absolute atomic E-state index is 11.3. The number of sulfone groups is 1. The van der Waals surface area contributed by atoms with Gasteiger partial charge in [0, 0.05) is 11.6 Å². The molecule has 2 rings (SSSR count). The van der Waals surface area contributed by atoms with Crippen LogP contribution >= 0.6 is 11.6 Å². The molecule has 1 aliphatic heterocycles. The number of rotatable bonds is 1. The van der Waals surface area contributed by atoms with Gasteiger partial charge in [0.2, 0.25) is 0 Å². The van der Waals surface area contributed by atoms with Crippen LogP contribution in [0.1, 0.15) is 31.1 Å². The summed E-state index contributed by atoms with van der Waals surface area (Å²) in [6.45, 7) is 3.92. The monoisotopic (exact) mass is 234 g/mol. The molecule has 0 spiro atoms. The fraction of sp³-hybridized carbons (Fsp3) is 0.625. The summed E-state index contributed by atoms with van der Waals surface area (Å²) >= 11 is 6.03. The number of halogens is 1. The van der Waals surface area contributed by atoms with Crippen LogP contribution < -0.4 is 0 Å². The highest BCUT2D eigenvalue weighted by atomic mass is 35.5. The second-order valence-corrected chi connectivity index (χ2v) is 6.21. The van der Waals surface area contributed by atoms with Crippen molar-refractivity contribution in [2.75, 3.05) is 0 Å². The Hall–Kier alpha value is -0.550. The first kappa shape index (κ1) is 9.98. The largest absolute Gasteiger partial charge is 0.251 e. The van der Waals surface area contributed by atoms with Gasteiger partial charge in [-0.25, -0.2) is 8.42 Å². The highest BCUT2D eigenvalue weighted by Crippen LogP contribution is 2.31. The van der Waals surface area contributed by atoms with Gasteiger partial charge in [-0.15, -0.1) is 0 Å². The number of hydrogen-bond acceptors (Lipinski definition) is 3. The van der Waals surface area contributed by atoms with Crippen molar-refractivity contribution in [3.05, 3.63) is 16.4 Å². The molecule has 0 saturated carbocycles. The summed E-state index contributed by atoms with van der Waals surface area (Å²) in [4.78, 5) is 0. The molecule has 0 fully saturated rings. The molecule has 6 heteroatoms. The van der Waals surface area contributed by atoms with Gasteiger partial charge in [-0.1, -0.05) is 11.6 Å². The van der Waals surface area contributed by atoms with E-state index in [1.807, 2.05) is 13.8 Å². The fourth-order valence-corrected chi connectivity index (χ4v) is 3.55. The summed E-state index contributed by atoms with van der Waals surface area (Å²) in [6.07, 6.45) is 0. The minimum absolute atomic E-state index is 0.0295. The summed E-state index contributed by atoms with van der Waals surface area (Å²) in [5.41, 5.74) is 1.30. The van der Waals surface area contributed by atoms with Crippen molar-refractivity contribution in [3.8, 4) is 0 Å². The number of hydrogen-bond donors (Lipinski definition) is 0. The van der Waals surface area contributed by atoms with Gasteiger partial charge in [-0.3, -0.25) is 4.68 Å². The van der Waals surface area contributed by atoms with E-state index in [2.05, 4.69) is 5.10 Å². The zero-order chi connectivity index (χ0) is 10.5. The smallest absolute Gasteiger partial charge is 0.160 e. The molecule has 0 atom stereocenters. The van der Waals surface area contributed by atoms with E-state index < -0.39 is 9.84 Å². The van der Waals surface area contributed by atoms with Gasteiger partial charge in [-0.2, -0.15) is 5.10 Å². The highest BCUT2D eigenvalue weighted by Gasteiger charge is 2.31. The van der Waals surface area contributed by atoms with Crippen molar-refractivity contribution in [1.29, 1.82) is 0 Å². The van der Waals surface area contributed by atoms with Crippen LogP contribution in [-0.2, 0) is 21.3 Å². The predicted molar refractivity (Wildman–Crippen MR) is 53.9 cm³/mol. The lowest BCUT2D eigenvalue weighted by Crippen LogP contribution is -2.06. The predicted octanol–water partition coefficient (Wildman–Crippen LogP) is 1.55. The van der Waals surface area contributed by atoms with Gasteiger partial charge in [0.1, 0.15) is 5.15 Å². The fourth-order valence-electron chi connectivity index (χ4n) is 1.57. The molecule has 0 aliphatic carbocycles. The third kappa shape index (κ3) is 1.44. The van der Waals surface area contributed by atoms with Crippen LogP contribution in [0.15, 0.2) is 0 Å². The summed E-state index contributed by atoms with van der Waals surface area (Å²) in [7, 11) is -2.99. The average molecular weight is 235 g/mol. The Labute approximate surface area is 87.8 Å². The number of fused-ring (bicyclic) bond motifs is 1. The average Bonchev–Trinajstić information content (AvgIpc) is 2.46.